The Labute approximate surface area is 90.9 Å². The maximum absolute atomic E-state index is 12.9. The number of hydrogen-bond donors (Lipinski definition) is 1. The molecule has 0 aliphatic heterocycles. The van der Waals surface area contributed by atoms with Crippen LogP contribution in [-0.4, -0.2) is 34.2 Å². The highest BCUT2D eigenvalue weighted by Gasteiger charge is 2.62. The molecule has 17 heavy (non-hydrogen) atoms. The molecule has 5 nitrogen and oxygen atoms in total. The Morgan fingerprint density at radius 2 is 1.88 bits per heavy atom. The molecule has 1 rings (SSSR count). The van der Waals surface area contributed by atoms with Crippen molar-refractivity contribution in [1.82, 2.24) is 15.4 Å². The van der Waals surface area contributed by atoms with Gasteiger partial charge in [0.2, 0.25) is 0 Å². The van der Waals surface area contributed by atoms with E-state index in [1.807, 2.05) is 0 Å². The minimum absolute atomic E-state index is 0.192. The Hall–Kier alpha value is -1.74. The molecule has 0 saturated heterocycles. The van der Waals surface area contributed by atoms with Gasteiger partial charge in [-0.05, 0) is 6.92 Å². The first-order chi connectivity index (χ1) is 7.71. The number of hydrogen-bond acceptors (Lipinski definition) is 4. The highest BCUT2D eigenvalue weighted by Crippen LogP contribution is 2.43. The summed E-state index contributed by atoms with van der Waals surface area (Å²) in [6.07, 6.45) is -5.87. The third-order valence-corrected chi connectivity index (χ3v) is 1.67. The van der Waals surface area contributed by atoms with Crippen LogP contribution in [0.25, 0.3) is 0 Å². The maximum atomic E-state index is 12.9. The molecule has 0 fully saturated rings. The third kappa shape index (κ3) is 2.34. The minimum Gasteiger partial charge on any atom is -0.461 e. The zero-order valence-corrected chi connectivity index (χ0v) is 8.31. The monoisotopic (exact) mass is 259 g/mol. The number of aromatic amines is 1. The lowest BCUT2D eigenvalue weighted by Crippen LogP contribution is -2.35. The van der Waals surface area contributed by atoms with Gasteiger partial charge in [0.1, 0.15) is 0 Å². The number of aromatic nitrogens is 3. The molecular formula is C7H6F5N3O2. The SMILES string of the molecule is CCOC(=O)c1n[nH]nc1C(F)(F)C(F)(F)F. The van der Waals surface area contributed by atoms with Gasteiger partial charge in [-0.1, -0.05) is 0 Å². The fourth-order valence-corrected chi connectivity index (χ4v) is 0.926. The summed E-state index contributed by atoms with van der Waals surface area (Å²) in [6, 6.07) is 0. The summed E-state index contributed by atoms with van der Waals surface area (Å²) < 4.78 is 66.2. The summed E-state index contributed by atoms with van der Waals surface area (Å²) in [4.78, 5) is 11.1. The lowest BCUT2D eigenvalue weighted by molar-refractivity contribution is -0.291. The van der Waals surface area contributed by atoms with E-state index in [4.69, 9.17) is 0 Å². The van der Waals surface area contributed by atoms with Crippen LogP contribution in [0.2, 0.25) is 0 Å². The number of esters is 1. The van der Waals surface area contributed by atoms with Crippen LogP contribution in [0.1, 0.15) is 23.1 Å². The number of nitrogens with zero attached hydrogens (tertiary/aromatic N) is 2. The van der Waals surface area contributed by atoms with E-state index in [2.05, 4.69) is 14.9 Å². The second-order valence-corrected chi connectivity index (χ2v) is 2.81. The number of carbonyl (C=O) groups excluding carboxylic acids is 1. The lowest BCUT2D eigenvalue weighted by atomic mass is 10.2. The van der Waals surface area contributed by atoms with Crippen LogP contribution >= 0.6 is 0 Å². The van der Waals surface area contributed by atoms with Gasteiger partial charge in [0, 0.05) is 0 Å². The molecular weight excluding hydrogens is 253 g/mol. The number of rotatable bonds is 3. The second-order valence-electron chi connectivity index (χ2n) is 2.81. The van der Waals surface area contributed by atoms with Gasteiger partial charge in [0.05, 0.1) is 6.61 Å². The summed E-state index contributed by atoms with van der Waals surface area (Å²) in [6.45, 7) is 1.17. The summed E-state index contributed by atoms with van der Waals surface area (Å²) >= 11 is 0. The topological polar surface area (TPSA) is 67.9 Å². The largest absolute Gasteiger partial charge is 0.461 e. The van der Waals surface area contributed by atoms with Crippen LogP contribution < -0.4 is 0 Å². The molecule has 10 heteroatoms. The molecule has 1 N–H and O–H groups in total. The number of nitrogens with one attached hydrogen (secondary N) is 1. The fraction of sp³-hybridized carbons (Fsp3) is 0.571. The molecule has 0 amide bonds. The molecule has 0 unspecified atom stereocenters. The van der Waals surface area contributed by atoms with Crippen molar-refractivity contribution in [3.05, 3.63) is 11.4 Å². The van der Waals surface area contributed by atoms with Crippen molar-refractivity contribution in [2.24, 2.45) is 0 Å². The van der Waals surface area contributed by atoms with Crippen molar-refractivity contribution in [2.45, 2.75) is 19.0 Å². The Kier molecular flexibility index (Phi) is 3.34. The van der Waals surface area contributed by atoms with Gasteiger partial charge in [-0.2, -0.15) is 32.3 Å². The first-order valence-corrected chi connectivity index (χ1v) is 4.24. The van der Waals surface area contributed by atoms with Gasteiger partial charge in [0.15, 0.2) is 11.4 Å². The fourth-order valence-electron chi connectivity index (χ4n) is 0.926. The molecule has 0 atom stereocenters. The van der Waals surface area contributed by atoms with Crippen molar-refractivity contribution in [3.63, 3.8) is 0 Å². The first kappa shape index (κ1) is 13.3. The maximum Gasteiger partial charge on any atom is 0.459 e. The molecule has 0 aromatic carbocycles. The number of carbonyl (C=O) groups is 1. The van der Waals surface area contributed by atoms with Crippen molar-refractivity contribution >= 4 is 5.97 Å². The van der Waals surface area contributed by atoms with Gasteiger partial charge in [-0.3, -0.25) is 0 Å². The van der Waals surface area contributed by atoms with Gasteiger partial charge in [-0.25, -0.2) is 4.79 Å². The van der Waals surface area contributed by atoms with Crippen molar-refractivity contribution in [3.8, 4) is 0 Å². The van der Waals surface area contributed by atoms with Crippen molar-refractivity contribution in [1.29, 1.82) is 0 Å². The van der Waals surface area contributed by atoms with Gasteiger partial charge in [-0.15, -0.1) is 5.10 Å². The number of halogens is 5. The number of alkyl halides is 5. The Morgan fingerprint density at radius 3 is 2.35 bits per heavy atom. The van der Waals surface area contributed by atoms with Gasteiger partial charge < -0.3 is 4.74 Å². The highest BCUT2D eigenvalue weighted by molar-refractivity contribution is 5.88. The van der Waals surface area contributed by atoms with E-state index >= 15 is 0 Å². The van der Waals surface area contributed by atoms with Gasteiger partial charge >= 0.3 is 18.1 Å². The molecule has 96 valence electrons. The molecule has 0 aliphatic rings. The Bertz CT molecular complexity index is 414. The Morgan fingerprint density at radius 1 is 1.29 bits per heavy atom. The van der Waals surface area contributed by atoms with E-state index in [0.717, 1.165) is 0 Å². The zero-order valence-electron chi connectivity index (χ0n) is 8.31. The third-order valence-electron chi connectivity index (χ3n) is 1.67. The molecule has 1 aromatic heterocycles. The van der Waals surface area contributed by atoms with E-state index in [1.54, 1.807) is 0 Å². The molecule has 0 spiro atoms. The molecule has 0 radical (unpaired) electrons. The highest BCUT2D eigenvalue weighted by atomic mass is 19.4. The lowest BCUT2D eigenvalue weighted by Gasteiger charge is -2.17. The molecule has 1 heterocycles. The van der Waals surface area contributed by atoms with Crippen LogP contribution in [-0.2, 0) is 10.7 Å². The number of H-pyrrole nitrogens is 1. The standard InChI is InChI=1S/C7H6F5N3O2/c1-2-17-5(16)3-4(14-15-13-3)6(8,9)7(10,11)12/h2H2,1H3,(H,13,14,15). The van der Waals surface area contributed by atoms with Crippen LogP contribution in [0.5, 0.6) is 0 Å². The molecule has 0 aliphatic carbocycles. The van der Waals surface area contributed by atoms with E-state index in [0.29, 0.717) is 0 Å². The van der Waals surface area contributed by atoms with Crippen LogP contribution in [0.4, 0.5) is 22.0 Å². The summed E-state index contributed by atoms with van der Waals surface area (Å²) in [7, 11) is 0. The second kappa shape index (κ2) is 4.26. The van der Waals surface area contributed by atoms with Crippen LogP contribution in [0.15, 0.2) is 0 Å². The summed E-state index contributed by atoms with van der Waals surface area (Å²) in [5, 5.41) is 7.11. The molecule has 1 aromatic rings. The van der Waals surface area contributed by atoms with Crippen LogP contribution in [0.3, 0.4) is 0 Å². The molecule has 0 bridgehead atoms. The van der Waals surface area contributed by atoms with E-state index in [9.17, 15) is 26.7 Å². The van der Waals surface area contributed by atoms with Gasteiger partial charge in [0.25, 0.3) is 0 Å². The van der Waals surface area contributed by atoms with E-state index in [-0.39, 0.29) is 6.61 Å². The van der Waals surface area contributed by atoms with E-state index in [1.165, 1.54) is 12.1 Å². The predicted molar refractivity (Wildman–Crippen MR) is 42.3 cm³/mol. The smallest absolute Gasteiger partial charge is 0.459 e. The van der Waals surface area contributed by atoms with Crippen molar-refractivity contribution < 1.29 is 31.5 Å². The Balaban J connectivity index is 3.16. The normalized spacial score (nSPS) is 12.6. The zero-order chi connectivity index (χ0) is 13.3. The minimum atomic E-state index is -5.87. The van der Waals surface area contributed by atoms with Crippen molar-refractivity contribution in [2.75, 3.05) is 6.61 Å². The first-order valence-electron chi connectivity index (χ1n) is 4.24. The quantitative estimate of drug-likeness (QED) is 0.661. The molecule has 0 saturated carbocycles. The number of ether oxygens (including phenoxy) is 1. The van der Waals surface area contributed by atoms with E-state index < -0.39 is 29.5 Å². The average Bonchev–Trinajstić information content (AvgIpc) is 2.64. The summed E-state index contributed by atoms with van der Waals surface area (Å²) in [5.74, 6) is -6.68. The summed E-state index contributed by atoms with van der Waals surface area (Å²) in [5.41, 5.74) is -2.99. The van der Waals surface area contributed by atoms with Crippen LogP contribution in [0, 0.1) is 0 Å². The average molecular weight is 259 g/mol. The predicted octanol–water partition coefficient (Wildman–Crippen LogP) is 1.64.